The highest BCUT2D eigenvalue weighted by Crippen LogP contribution is 2.23. The van der Waals surface area contributed by atoms with Crippen LogP contribution in [-0.4, -0.2) is 17.0 Å². The second-order valence-corrected chi connectivity index (χ2v) is 4.85. The van der Waals surface area contributed by atoms with Gasteiger partial charge in [-0.15, -0.1) is 0 Å². The standard InChI is InChI=1S/C14H15ClFN3/c1-9-10(2)18-14(13(15)17-9)19(3)8-11-5-4-6-12(16)7-11/h4-7H,8H2,1-3H3. The number of anilines is 1. The normalized spacial score (nSPS) is 10.6. The van der Waals surface area contributed by atoms with E-state index in [1.807, 2.05) is 31.9 Å². The molecule has 3 nitrogen and oxygen atoms in total. The van der Waals surface area contributed by atoms with Gasteiger partial charge in [-0.3, -0.25) is 0 Å². The Kier molecular flexibility index (Phi) is 4.00. The number of hydrogen-bond donors (Lipinski definition) is 0. The van der Waals surface area contributed by atoms with E-state index in [1.54, 1.807) is 6.07 Å². The van der Waals surface area contributed by atoms with Crippen molar-refractivity contribution in [2.75, 3.05) is 11.9 Å². The Labute approximate surface area is 117 Å². The minimum Gasteiger partial charge on any atom is -0.353 e. The SMILES string of the molecule is Cc1nc(Cl)c(N(C)Cc2cccc(F)c2)nc1C. The van der Waals surface area contributed by atoms with Crippen LogP contribution in [0.25, 0.3) is 0 Å². The van der Waals surface area contributed by atoms with Gasteiger partial charge in [0.2, 0.25) is 0 Å². The summed E-state index contributed by atoms with van der Waals surface area (Å²) in [6, 6.07) is 6.47. The van der Waals surface area contributed by atoms with Crippen LogP contribution in [0.15, 0.2) is 24.3 Å². The van der Waals surface area contributed by atoms with E-state index < -0.39 is 0 Å². The quantitative estimate of drug-likeness (QED) is 0.861. The van der Waals surface area contributed by atoms with Crippen molar-refractivity contribution in [3.8, 4) is 0 Å². The van der Waals surface area contributed by atoms with Crippen LogP contribution in [0.2, 0.25) is 5.15 Å². The Bertz CT molecular complexity index is 601. The topological polar surface area (TPSA) is 29.0 Å². The molecule has 5 heteroatoms. The molecule has 0 aliphatic rings. The fraction of sp³-hybridized carbons (Fsp3) is 0.286. The molecule has 0 unspecified atom stereocenters. The first-order valence-electron chi connectivity index (χ1n) is 5.93. The molecular weight excluding hydrogens is 265 g/mol. The van der Waals surface area contributed by atoms with Crippen molar-refractivity contribution in [3.05, 3.63) is 52.2 Å². The molecule has 2 aromatic rings. The van der Waals surface area contributed by atoms with Gasteiger partial charge in [-0.05, 0) is 31.5 Å². The summed E-state index contributed by atoms with van der Waals surface area (Å²) in [6.07, 6.45) is 0. The number of aromatic nitrogens is 2. The third-order valence-electron chi connectivity index (χ3n) is 2.92. The van der Waals surface area contributed by atoms with Crippen molar-refractivity contribution in [1.82, 2.24) is 9.97 Å². The summed E-state index contributed by atoms with van der Waals surface area (Å²) in [6.45, 7) is 4.28. The zero-order valence-electron chi connectivity index (χ0n) is 11.1. The van der Waals surface area contributed by atoms with Crippen LogP contribution in [-0.2, 0) is 6.54 Å². The third-order valence-corrected chi connectivity index (χ3v) is 3.17. The van der Waals surface area contributed by atoms with E-state index in [0.29, 0.717) is 17.5 Å². The third kappa shape index (κ3) is 3.20. The molecule has 0 N–H and O–H groups in total. The van der Waals surface area contributed by atoms with E-state index in [1.165, 1.54) is 12.1 Å². The van der Waals surface area contributed by atoms with Crippen molar-refractivity contribution < 1.29 is 4.39 Å². The first-order chi connectivity index (χ1) is 8.97. The number of nitrogens with zero attached hydrogens (tertiary/aromatic N) is 3. The van der Waals surface area contributed by atoms with E-state index in [0.717, 1.165) is 17.0 Å². The van der Waals surface area contributed by atoms with Crippen molar-refractivity contribution in [2.24, 2.45) is 0 Å². The Balaban J connectivity index is 2.25. The van der Waals surface area contributed by atoms with Gasteiger partial charge in [0, 0.05) is 13.6 Å². The summed E-state index contributed by atoms with van der Waals surface area (Å²) in [4.78, 5) is 10.5. The molecule has 0 aliphatic carbocycles. The highest BCUT2D eigenvalue weighted by molar-refractivity contribution is 6.31. The van der Waals surface area contributed by atoms with E-state index in [4.69, 9.17) is 11.6 Å². The predicted octanol–water partition coefficient (Wildman–Crippen LogP) is 3.52. The Hall–Kier alpha value is -1.68. The lowest BCUT2D eigenvalue weighted by Crippen LogP contribution is -2.19. The lowest BCUT2D eigenvalue weighted by Gasteiger charge is -2.20. The number of halogens is 2. The zero-order chi connectivity index (χ0) is 14.0. The Morgan fingerprint density at radius 1 is 1.21 bits per heavy atom. The highest BCUT2D eigenvalue weighted by Gasteiger charge is 2.12. The van der Waals surface area contributed by atoms with Gasteiger partial charge in [-0.1, -0.05) is 23.7 Å². The molecule has 0 saturated heterocycles. The summed E-state index contributed by atoms with van der Waals surface area (Å²) >= 11 is 6.10. The van der Waals surface area contributed by atoms with Crippen LogP contribution in [0.1, 0.15) is 17.0 Å². The van der Waals surface area contributed by atoms with Crippen LogP contribution >= 0.6 is 11.6 Å². The van der Waals surface area contributed by atoms with Gasteiger partial charge < -0.3 is 4.90 Å². The summed E-state index contributed by atoms with van der Waals surface area (Å²) in [7, 11) is 1.86. The van der Waals surface area contributed by atoms with Gasteiger partial charge in [0.1, 0.15) is 5.82 Å². The average molecular weight is 280 g/mol. The molecule has 1 heterocycles. The second-order valence-electron chi connectivity index (χ2n) is 4.49. The van der Waals surface area contributed by atoms with Gasteiger partial charge in [0.25, 0.3) is 0 Å². The predicted molar refractivity (Wildman–Crippen MR) is 75.0 cm³/mol. The largest absolute Gasteiger partial charge is 0.353 e. The molecule has 0 fully saturated rings. The molecule has 1 aromatic heterocycles. The maximum absolute atomic E-state index is 13.1. The van der Waals surface area contributed by atoms with Crippen LogP contribution in [0.5, 0.6) is 0 Å². The van der Waals surface area contributed by atoms with Crippen molar-refractivity contribution in [3.63, 3.8) is 0 Å². The summed E-state index contributed by atoms with van der Waals surface area (Å²) in [5, 5.41) is 0.363. The fourth-order valence-electron chi connectivity index (χ4n) is 1.79. The van der Waals surface area contributed by atoms with E-state index in [2.05, 4.69) is 9.97 Å². The first kappa shape index (κ1) is 13.7. The molecule has 0 amide bonds. The molecule has 0 bridgehead atoms. The van der Waals surface area contributed by atoms with E-state index in [-0.39, 0.29) is 5.82 Å². The van der Waals surface area contributed by atoms with Gasteiger partial charge in [0.05, 0.1) is 11.4 Å². The summed E-state index contributed by atoms with van der Waals surface area (Å²) in [5.74, 6) is 0.359. The van der Waals surface area contributed by atoms with Gasteiger partial charge >= 0.3 is 0 Å². The van der Waals surface area contributed by atoms with Crippen molar-refractivity contribution in [1.29, 1.82) is 0 Å². The molecule has 0 aliphatic heterocycles. The highest BCUT2D eigenvalue weighted by atomic mass is 35.5. The lowest BCUT2D eigenvalue weighted by atomic mass is 10.2. The first-order valence-corrected chi connectivity index (χ1v) is 6.31. The Morgan fingerprint density at radius 3 is 2.58 bits per heavy atom. The maximum atomic E-state index is 13.1. The van der Waals surface area contributed by atoms with E-state index in [9.17, 15) is 4.39 Å². The molecular formula is C14H15ClFN3. The average Bonchev–Trinajstić information content (AvgIpc) is 2.33. The number of hydrogen-bond acceptors (Lipinski definition) is 3. The smallest absolute Gasteiger partial charge is 0.171 e. The van der Waals surface area contributed by atoms with Gasteiger partial charge in [-0.2, -0.15) is 0 Å². The monoisotopic (exact) mass is 279 g/mol. The molecule has 0 atom stereocenters. The molecule has 1 aromatic carbocycles. The van der Waals surface area contributed by atoms with Gasteiger partial charge in [-0.25, -0.2) is 14.4 Å². The fourth-order valence-corrected chi connectivity index (χ4v) is 2.10. The van der Waals surface area contributed by atoms with Crippen LogP contribution < -0.4 is 4.90 Å². The van der Waals surface area contributed by atoms with Crippen molar-refractivity contribution >= 4 is 17.4 Å². The number of rotatable bonds is 3. The maximum Gasteiger partial charge on any atom is 0.171 e. The number of benzene rings is 1. The minimum absolute atomic E-state index is 0.247. The molecule has 19 heavy (non-hydrogen) atoms. The molecule has 0 spiro atoms. The van der Waals surface area contributed by atoms with Crippen molar-refractivity contribution in [2.45, 2.75) is 20.4 Å². The molecule has 0 saturated carbocycles. The zero-order valence-corrected chi connectivity index (χ0v) is 11.9. The second kappa shape index (κ2) is 5.53. The lowest BCUT2D eigenvalue weighted by molar-refractivity contribution is 0.625. The summed E-state index contributed by atoms with van der Waals surface area (Å²) < 4.78 is 13.1. The number of aryl methyl sites for hydroxylation is 2. The van der Waals surface area contributed by atoms with Crippen LogP contribution in [0.3, 0.4) is 0 Å². The van der Waals surface area contributed by atoms with Crippen LogP contribution in [0.4, 0.5) is 10.2 Å². The minimum atomic E-state index is -0.247. The van der Waals surface area contributed by atoms with Gasteiger partial charge in [0.15, 0.2) is 11.0 Å². The molecule has 100 valence electrons. The van der Waals surface area contributed by atoms with Crippen LogP contribution in [0, 0.1) is 19.7 Å². The van der Waals surface area contributed by atoms with E-state index >= 15 is 0 Å². The summed E-state index contributed by atoms with van der Waals surface area (Å²) in [5.41, 5.74) is 2.51. The Morgan fingerprint density at radius 2 is 1.89 bits per heavy atom. The molecule has 0 radical (unpaired) electrons. The molecule has 2 rings (SSSR count).